The van der Waals surface area contributed by atoms with Crippen LogP contribution in [0.4, 0.5) is 5.69 Å². The lowest BCUT2D eigenvalue weighted by Gasteiger charge is -2.10. The second-order valence-electron chi connectivity index (χ2n) is 6.61. The van der Waals surface area contributed by atoms with Crippen LogP contribution >= 0.6 is 23.2 Å². The van der Waals surface area contributed by atoms with E-state index in [9.17, 15) is 4.79 Å². The number of carbonyl (C=O) groups excluding carboxylic acids is 1. The Morgan fingerprint density at radius 1 is 0.935 bits per heavy atom. The van der Waals surface area contributed by atoms with E-state index in [0.717, 1.165) is 11.1 Å². The second-order valence-corrected chi connectivity index (χ2v) is 7.71. The van der Waals surface area contributed by atoms with Crippen molar-refractivity contribution in [3.05, 3.63) is 84.4 Å². The molecule has 4 rings (SSSR count). The molecular weight excluding hydrogens is 435 g/mol. The molecule has 8 heteroatoms. The number of halogens is 2. The highest BCUT2D eigenvalue weighted by Gasteiger charge is 2.17. The van der Waals surface area contributed by atoms with Crippen LogP contribution < -0.4 is 10.1 Å². The van der Waals surface area contributed by atoms with E-state index in [1.54, 1.807) is 12.1 Å². The normalized spacial score (nSPS) is 10.8. The molecule has 0 radical (unpaired) electrons. The molecule has 1 amide bonds. The summed E-state index contributed by atoms with van der Waals surface area (Å²) in [6.07, 6.45) is 0. The predicted octanol–water partition coefficient (Wildman–Crippen LogP) is 5.46. The van der Waals surface area contributed by atoms with Gasteiger partial charge in [0.1, 0.15) is 12.4 Å². The molecule has 0 bridgehead atoms. The zero-order chi connectivity index (χ0) is 21.6. The SMILES string of the molecule is O=C(Nc1ccccc1-c1nc(-c2ccccc2OCc2ccccc2)n[nH]1)C(Cl)Cl. The lowest BCUT2D eigenvalue weighted by molar-refractivity contribution is -0.114. The largest absolute Gasteiger partial charge is 0.488 e. The number of alkyl halides is 2. The Hall–Kier alpha value is -3.35. The van der Waals surface area contributed by atoms with Crippen molar-refractivity contribution in [3.63, 3.8) is 0 Å². The van der Waals surface area contributed by atoms with E-state index in [-0.39, 0.29) is 0 Å². The molecule has 4 aromatic rings. The lowest BCUT2D eigenvalue weighted by Crippen LogP contribution is -2.19. The molecule has 31 heavy (non-hydrogen) atoms. The number of nitrogens with one attached hydrogen (secondary N) is 2. The van der Waals surface area contributed by atoms with E-state index in [4.69, 9.17) is 27.9 Å². The van der Waals surface area contributed by atoms with Crippen LogP contribution in [0.2, 0.25) is 0 Å². The summed E-state index contributed by atoms with van der Waals surface area (Å²) >= 11 is 11.3. The zero-order valence-electron chi connectivity index (χ0n) is 16.3. The average molecular weight is 453 g/mol. The number of ether oxygens (including phenoxy) is 1. The molecule has 0 saturated heterocycles. The number of benzene rings is 3. The van der Waals surface area contributed by atoms with Crippen LogP contribution in [0.3, 0.4) is 0 Å². The van der Waals surface area contributed by atoms with Crippen molar-refractivity contribution >= 4 is 34.8 Å². The monoisotopic (exact) mass is 452 g/mol. The number of H-pyrrole nitrogens is 1. The van der Waals surface area contributed by atoms with E-state index >= 15 is 0 Å². The minimum atomic E-state index is -1.17. The molecule has 0 saturated carbocycles. The number of aromatic amines is 1. The fourth-order valence-electron chi connectivity index (χ4n) is 3.00. The molecule has 3 aromatic carbocycles. The minimum absolute atomic E-state index is 0.433. The van der Waals surface area contributed by atoms with Gasteiger partial charge in [0.2, 0.25) is 0 Å². The third-order valence-electron chi connectivity index (χ3n) is 4.49. The van der Waals surface area contributed by atoms with E-state index in [2.05, 4.69) is 20.5 Å². The standard InChI is InChI=1S/C23H18Cl2N4O2/c24-20(25)23(30)26-18-12-6-4-10-16(18)21-27-22(29-28-21)17-11-5-7-13-19(17)31-14-15-8-2-1-3-9-15/h1-13,20H,14H2,(H,26,30)(H,27,28,29). The predicted molar refractivity (Wildman–Crippen MR) is 122 cm³/mol. The smallest absolute Gasteiger partial charge is 0.257 e. The van der Waals surface area contributed by atoms with Gasteiger partial charge in [0, 0.05) is 5.56 Å². The molecule has 156 valence electrons. The van der Waals surface area contributed by atoms with Crippen LogP contribution in [0.15, 0.2) is 78.9 Å². The topological polar surface area (TPSA) is 79.9 Å². The van der Waals surface area contributed by atoms with Crippen LogP contribution in [-0.2, 0) is 11.4 Å². The molecule has 0 atom stereocenters. The van der Waals surface area contributed by atoms with Gasteiger partial charge in [-0.15, -0.1) is 0 Å². The maximum Gasteiger partial charge on any atom is 0.257 e. The highest BCUT2D eigenvalue weighted by molar-refractivity contribution is 6.54. The van der Waals surface area contributed by atoms with Crippen LogP contribution in [0.1, 0.15) is 5.56 Å². The molecule has 0 unspecified atom stereocenters. The molecule has 1 heterocycles. The number of anilines is 1. The van der Waals surface area contributed by atoms with E-state index in [0.29, 0.717) is 35.3 Å². The van der Waals surface area contributed by atoms with E-state index in [1.807, 2.05) is 66.7 Å². The van der Waals surface area contributed by atoms with Crippen molar-refractivity contribution in [2.24, 2.45) is 0 Å². The molecule has 0 aliphatic heterocycles. The Balaban J connectivity index is 1.60. The van der Waals surface area contributed by atoms with Crippen LogP contribution in [0.25, 0.3) is 22.8 Å². The number of para-hydroxylation sites is 2. The number of nitrogens with zero attached hydrogens (tertiary/aromatic N) is 2. The van der Waals surface area contributed by atoms with Crippen LogP contribution in [0, 0.1) is 0 Å². The van der Waals surface area contributed by atoms with Crippen LogP contribution in [0.5, 0.6) is 5.75 Å². The first kappa shape index (κ1) is 20.9. The van der Waals surface area contributed by atoms with Gasteiger partial charge in [0.15, 0.2) is 16.5 Å². The van der Waals surface area contributed by atoms with Gasteiger partial charge in [-0.3, -0.25) is 9.89 Å². The number of hydrogen-bond acceptors (Lipinski definition) is 4. The van der Waals surface area contributed by atoms with Gasteiger partial charge >= 0.3 is 0 Å². The second kappa shape index (κ2) is 9.64. The maximum atomic E-state index is 11.9. The summed E-state index contributed by atoms with van der Waals surface area (Å²) in [5.41, 5.74) is 3.00. The molecule has 1 aromatic heterocycles. The van der Waals surface area contributed by atoms with Gasteiger partial charge in [0.05, 0.1) is 11.3 Å². The fraction of sp³-hybridized carbons (Fsp3) is 0.0870. The first-order valence-corrected chi connectivity index (χ1v) is 10.4. The fourth-order valence-corrected chi connectivity index (χ4v) is 3.11. The van der Waals surface area contributed by atoms with Gasteiger partial charge < -0.3 is 10.1 Å². The Morgan fingerprint density at radius 2 is 1.61 bits per heavy atom. The first-order chi connectivity index (χ1) is 15.1. The summed E-state index contributed by atoms with van der Waals surface area (Å²) in [5.74, 6) is 1.12. The zero-order valence-corrected chi connectivity index (χ0v) is 17.8. The van der Waals surface area contributed by atoms with Gasteiger partial charge in [-0.1, -0.05) is 77.8 Å². The van der Waals surface area contributed by atoms with Gasteiger partial charge in [-0.05, 0) is 29.8 Å². The maximum absolute atomic E-state index is 11.9. The van der Waals surface area contributed by atoms with Crippen molar-refractivity contribution in [3.8, 4) is 28.5 Å². The summed E-state index contributed by atoms with van der Waals surface area (Å²) in [5, 5.41) is 9.98. The molecular formula is C23H18Cl2N4O2. The molecule has 0 fully saturated rings. The molecule has 2 N–H and O–H groups in total. The Labute approximate surface area is 189 Å². The summed E-state index contributed by atoms with van der Waals surface area (Å²) in [7, 11) is 0. The summed E-state index contributed by atoms with van der Waals surface area (Å²) in [6, 6.07) is 24.7. The van der Waals surface area contributed by atoms with Gasteiger partial charge in [0.25, 0.3) is 5.91 Å². The number of rotatable bonds is 7. The van der Waals surface area contributed by atoms with Gasteiger partial charge in [-0.25, -0.2) is 4.98 Å². The summed E-state index contributed by atoms with van der Waals surface area (Å²) < 4.78 is 6.02. The van der Waals surface area contributed by atoms with Crippen molar-refractivity contribution in [1.29, 1.82) is 0 Å². The number of aromatic nitrogens is 3. The van der Waals surface area contributed by atoms with Crippen molar-refractivity contribution in [2.45, 2.75) is 11.4 Å². The quantitative estimate of drug-likeness (QED) is 0.364. The van der Waals surface area contributed by atoms with Crippen molar-refractivity contribution in [2.75, 3.05) is 5.32 Å². The molecule has 0 aliphatic carbocycles. The molecule has 0 spiro atoms. The van der Waals surface area contributed by atoms with Gasteiger partial charge in [-0.2, -0.15) is 5.10 Å². The van der Waals surface area contributed by atoms with Crippen molar-refractivity contribution < 1.29 is 9.53 Å². The number of amides is 1. The summed E-state index contributed by atoms with van der Waals surface area (Å²) in [6.45, 7) is 0.433. The highest BCUT2D eigenvalue weighted by atomic mass is 35.5. The van der Waals surface area contributed by atoms with Crippen LogP contribution in [-0.4, -0.2) is 25.9 Å². The number of hydrogen-bond donors (Lipinski definition) is 2. The minimum Gasteiger partial charge on any atom is -0.488 e. The Morgan fingerprint density at radius 3 is 2.39 bits per heavy atom. The Kier molecular flexibility index (Phi) is 6.50. The van der Waals surface area contributed by atoms with E-state index < -0.39 is 10.7 Å². The number of carbonyl (C=O) groups is 1. The summed E-state index contributed by atoms with van der Waals surface area (Å²) in [4.78, 5) is 15.4. The average Bonchev–Trinajstić information content (AvgIpc) is 3.29. The van der Waals surface area contributed by atoms with Crippen molar-refractivity contribution in [1.82, 2.24) is 15.2 Å². The lowest BCUT2D eigenvalue weighted by atomic mass is 10.1. The molecule has 6 nitrogen and oxygen atoms in total. The third-order valence-corrected chi connectivity index (χ3v) is 4.89. The highest BCUT2D eigenvalue weighted by Crippen LogP contribution is 2.31. The molecule has 0 aliphatic rings. The first-order valence-electron chi connectivity index (χ1n) is 9.49. The van der Waals surface area contributed by atoms with E-state index in [1.165, 1.54) is 0 Å². The third kappa shape index (κ3) is 5.05. The Bertz CT molecular complexity index is 1180.